The number of urea groups is 1. The van der Waals surface area contributed by atoms with Gasteiger partial charge in [0.05, 0.1) is 33.9 Å². The minimum Gasteiger partial charge on any atom is -0.329 e. The van der Waals surface area contributed by atoms with E-state index in [0.29, 0.717) is 40.0 Å². The monoisotopic (exact) mass is 402 g/mol. The minimum absolute atomic E-state index is 0.137. The van der Waals surface area contributed by atoms with E-state index in [1.54, 1.807) is 42.5 Å². The summed E-state index contributed by atoms with van der Waals surface area (Å²) in [5.41, 5.74) is 2.72. The molecule has 4 rings (SSSR count). The summed E-state index contributed by atoms with van der Waals surface area (Å²) in [5.74, 6) is -0.137. The Labute approximate surface area is 166 Å². The van der Waals surface area contributed by atoms with Crippen molar-refractivity contribution in [1.29, 1.82) is 0 Å². The minimum atomic E-state index is -0.638. The molecule has 0 fully saturated rings. The fourth-order valence-electron chi connectivity index (χ4n) is 3.44. The average Bonchev–Trinajstić information content (AvgIpc) is 2.98. The number of nitrogens with zero attached hydrogens (tertiary/aromatic N) is 3. The molecule has 3 amide bonds. The molecule has 3 heterocycles. The van der Waals surface area contributed by atoms with Gasteiger partial charge >= 0.3 is 6.03 Å². The number of pyridine rings is 1. The molecule has 138 valence electrons. The smallest absolute Gasteiger partial charge is 0.322 e. The van der Waals surface area contributed by atoms with Gasteiger partial charge in [0, 0.05) is 26.0 Å². The van der Waals surface area contributed by atoms with Crippen LogP contribution in [0, 0.1) is 0 Å². The molecule has 0 saturated heterocycles. The lowest BCUT2D eigenvalue weighted by Crippen LogP contribution is -2.45. The first kappa shape index (κ1) is 17.8. The maximum atomic E-state index is 13.2. The van der Waals surface area contributed by atoms with Crippen molar-refractivity contribution < 1.29 is 9.59 Å². The molecular weight excluding hydrogens is 387 g/mol. The number of benzene rings is 1. The Balaban J connectivity index is 1.72. The zero-order valence-electron chi connectivity index (χ0n) is 14.4. The first-order valence-electron chi connectivity index (χ1n) is 8.36. The maximum Gasteiger partial charge on any atom is 0.322 e. The van der Waals surface area contributed by atoms with Crippen LogP contribution in [-0.2, 0) is 11.3 Å². The molecule has 0 radical (unpaired) electrons. The van der Waals surface area contributed by atoms with Gasteiger partial charge in [-0.3, -0.25) is 14.7 Å². The summed E-state index contributed by atoms with van der Waals surface area (Å²) in [6.07, 6.45) is 3.41. The van der Waals surface area contributed by atoms with Crippen molar-refractivity contribution in [2.45, 2.75) is 12.6 Å². The van der Waals surface area contributed by atoms with Gasteiger partial charge in [0.25, 0.3) is 5.91 Å². The van der Waals surface area contributed by atoms with Gasteiger partial charge in [-0.2, -0.15) is 0 Å². The topological polar surface area (TPSA) is 65.5 Å². The predicted molar refractivity (Wildman–Crippen MR) is 102 cm³/mol. The lowest BCUT2D eigenvalue weighted by atomic mass is 9.95. The van der Waals surface area contributed by atoms with E-state index in [9.17, 15) is 9.59 Å². The fourth-order valence-corrected chi connectivity index (χ4v) is 3.86. The number of carbonyl (C=O) groups excluding carboxylic acids is 2. The SMILES string of the molecule is CN1C(=O)NC(c2cccc(Cl)c2Cl)C2=C1CN(Cc1cccnc1)C2=O. The van der Waals surface area contributed by atoms with E-state index in [1.807, 2.05) is 12.1 Å². The van der Waals surface area contributed by atoms with Crippen molar-refractivity contribution in [2.75, 3.05) is 13.6 Å². The van der Waals surface area contributed by atoms with Crippen LogP contribution in [0.4, 0.5) is 4.79 Å². The third kappa shape index (κ3) is 3.05. The number of aromatic nitrogens is 1. The van der Waals surface area contributed by atoms with Crippen LogP contribution >= 0.6 is 23.2 Å². The summed E-state index contributed by atoms with van der Waals surface area (Å²) < 4.78 is 0. The molecule has 1 aromatic heterocycles. The van der Waals surface area contributed by atoms with Gasteiger partial charge in [0.2, 0.25) is 0 Å². The number of hydrogen-bond acceptors (Lipinski definition) is 3. The van der Waals surface area contributed by atoms with Crippen molar-refractivity contribution in [3.05, 3.63) is 75.2 Å². The van der Waals surface area contributed by atoms with Crippen LogP contribution in [-0.4, -0.2) is 40.3 Å². The van der Waals surface area contributed by atoms with Gasteiger partial charge < -0.3 is 10.2 Å². The summed E-state index contributed by atoms with van der Waals surface area (Å²) in [6.45, 7) is 0.763. The van der Waals surface area contributed by atoms with Crippen LogP contribution < -0.4 is 5.32 Å². The number of amides is 3. The van der Waals surface area contributed by atoms with Crippen LogP contribution in [0.2, 0.25) is 10.0 Å². The van der Waals surface area contributed by atoms with Crippen LogP contribution in [0.25, 0.3) is 0 Å². The van der Waals surface area contributed by atoms with Crippen LogP contribution in [0.3, 0.4) is 0 Å². The van der Waals surface area contributed by atoms with E-state index < -0.39 is 6.04 Å². The van der Waals surface area contributed by atoms with Crippen molar-refractivity contribution in [1.82, 2.24) is 20.1 Å². The maximum absolute atomic E-state index is 13.2. The van der Waals surface area contributed by atoms with Crippen molar-refractivity contribution in [2.24, 2.45) is 0 Å². The summed E-state index contributed by atoms with van der Waals surface area (Å²) in [7, 11) is 1.65. The fraction of sp³-hybridized carbons (Fsp3) is 0.211. The molecule has 2 aliphatic heterocycles. The molecular formula is C19H16Cl2N4O2. The lowest BCUT2D eigenvalue weighted by Gasteiger charge is -2.31. The second-order valence-corrected chi connectivity index (χ2v) is 7.25. The summed E-state index contributed by atoms with van der Waals surface area (Å²) in [5, 5.41) is 3.57. The number of carbonyl (C=O) groups is 2. The third-order valence-corrected chi connectivity index (χ3v) is 5.66. The molecule has 0 aliphatic carbocycles. The second-order valence-electron chi connectivity index (χ2n) is 6.47. The molecule has 6 nitrogen and oxygen atoms in total. The first-order valence-corrected chi connectivity index (χ1v) is 9.12. The van der Waals surface area contributed by atoms with E-state index in [0.717, 1.165) is 5.56 Å². The summed E-state index contributed by atoms with van der Waals surface area (Å²) in [6, 6.07) is 8.01. The second kappa shape index (κ2) is 6.87. The van der Waals surface area contributed by atoms with E-state index in [2.05, 4.69) is 10.3 Å². The van der Waals surface area contributed by atoms with E-state index in [1.165, 1.54) is 4.90 Å². The normalized spacial score (nSPS) is 19.4. The zero-order chi connectivity index (χ0) is 19.1. The van der Waals surface area contributed by atoms with Crippen LogP contribution in [0.15, 0.2) is 54.0 Å². The van der Waals surface area contributed by atoms with Crippen molar-refractivity contribution >= 4 is 35.1 Å². The Bertz CT molecular complexity index is 961. The Morgan fingerprint density at radius 3 is 2.78 bits per heavy atom. The quantitative estimate of drug-likeness (QED) is 0.855. The standard InChI is InChI=1S/C19H16Cl2N4O2/c1-24-14-10-25(9-11-4-3-7-22-8-11)18(26)15(14)17(23-19(24)27)12-5-2-6-13(20)16(12)21/h2-8,17H,9-10H2,1H3,(H,23,27). The highest BCUT2D eigenvalue weighted by Crippen LogP contribution is 2.40. The van der Waals surface area contributed by atoms with Crippen LogP contribution in [0.1, 0.15) is 17.2 Å². The number of hydrogen-bond donors (Lipinski definition) is 1. The zero-order valence-corrected chi connectivity index (χ0v) is 16.0. The molecule has 1 aromatic carbocycles. The Morgan fingerprint density at radius 1 is 1.22 bits per heavy atom. The Morgan fingerprint density at radius 2 is 2.04 bits per heavy atom. The molecule has 2 aliphatic rings. The Kier molecular flexibility index (Phi) is 4.53. The first-order chi connectivity index (χ1) is 13.0. The van der Waals surface area contributed by atoms with Crippen molar-refractivity contribution in [3.63, 3.8) is 0 Å². The number of rotatable bonds is 3. The average molecular weight is 403 g/mol. The van der Waals surface area contributed by atoms with Gasteiger partial charge in [0.1, 0.15) is 0 Å². The van der Waals surface area contributed by atoms with Gasteiger partial charge in [-0.05, 0) is 23.3 Å². The van der Waals surface area contributed by atoms with E-state index in [4.69, 9.17) is 23.2 Å². The van der Waals surface area contributed by atoms with Gasteiger partial charge in [-0.15, -0.1) is 0 Å². The molecule has 1 N–H and O–H groups in total. The summed E-state index contributed by atoms with van der Waals surface area (Å²) in [4.78, 5) is 32.9. The molecule has 1 atom stereocenters. The predicted octanol–water partition coefficient (Wildman–Crippen LogP) is 3.38. The molecule has 8 heteroatoms. The van der Waals surface area contributed by atoms with Gasteiger partial charge in [0.15, 0.2) is 0 Å². The molecule has 1 unspecified atom stereocenters. The molecule has 27 heavy (non-hydrogen) atoms. The molecule has 0 spiro atoms. The number of halogens is 2. The highest BCUT2D eigenvalue weighted by Gasteiger charge is 2.43. The molecule has 2 aromatic rings. The highest BCUT2D eigenvalue weighted by atomic mass is 35.5. The Hall–Kier alpha value is -2.57. The van der Waals surface area contributed by atoms with Crippen LogP contribution in [0.5, 0.6) is 0 Å². The van der Waals surface area contributed by atoms with Gasteiger partial charge in [-0.1, -0.05) is 41.4 Å². The molecule has 0 bridgehead atoms. The third-order valence-electron chi connectivity index (χ3n) is 4.82. The number of likely N-dealkylation sites (N-methyl/N-ethyl adjacent to an activating group) is 1. The number of nitrogens with one attached hydrogen (secondary N) is 1. The van der Waals surface area contributed by atoms with E-state index >= 15 is 0 Å². The largest absolute Gasteiger partial charge is 0.329 e. The van der Waals surface area contributed by atoms with Crippen molar-refractivity contribution in [3.8, 4) is 0 Å². The van der Waals surface area contributed by atoms with E-state index in [-0.39, 0.29) is 11.9 Å². The lowest BCUT2D eigenvalue weighted by molar-refractivity contribution is -0.126. The summed E-state index contributed by atoms with van der Waals surface area (Å²) >= 11 is 12.5. The highest BCUT2D eigenvalue weighted by molar-refractivity contribution is 6.42. The molecule has 0 saturated carbocycles. The van der Waals surface area contributed by atoms with Gasteiger partial charge in [-0.25, -0.2) is 4.79 Å².